The lowest BCUT2D eigenvalue weighted by atomic mass is 9.92. The molecule has 0 aromatic heterocycles. The van der Waals surface area contributed by atoms with Crippen molar-refractivity contribution in [2.24, 2.45) is 0 Å². The van der Waals surface area contributed by atoms with Crippen molar-refractivity contribution >= 4 is 0 Å². The van der Waals surface area contributed by atoms with E-state index >= 15 is 0 Å². The van der Waals surface area contributed by atoms with Crippen LogP contribution in [0.5, 0.6) is 0 Å². The summed E-state index contributed by atoms with van der Waals surface area (Å²) < 4.78 is 26.6. The highest BCUT2D eigenvalue weighted by atomic mass is 19.2. The van der Waals surface area contributed by atoms with Gasteiger partial charge in [-0.3, -0.25) is 0 Å². The van der Waals surface area contributed by atoms with Gasteiger partial charge in [-0.15, -0.1) is 0 Å². The maximum absolute atomic E-state index is 13.5. The zero-order chi connectivity index (χ0) is 14.1. The lowest BCUT2D eigenvalue weighted by Gasteiger charge is -2.13. The molecule has 20 heavy (non-hydrogen) atoms. The van der Waals surface area contributed by atoms with Gasteiger partial charge in [-0.2, -0.15) is 0 Å². The van der Waals surface area contributed by atoms with Crippen LogP contribution < -0.4 is 5.32 Å². The summed E-state index contributed by atoms with van der Waals surface area (Å²) >= 11 is 0. The molecule has 0 heterocycles. The first kappa shape index (κ1) is 13.3. The van der Waals surface area contributed by atoms with Crippen LogP contribution in [-0.4, -0.2) is 13.6 Å². The maximum Gasteiger partial charge on any atom is 0.159 e. The van der Waals surface area contributed by atoms with Crippen molar-refractivity contribution < 1.29 is 8.78 Å². The molecule has 0 amide bonds. The number of likely N-dealkylation sites (N-methyl/N-ethyl adjacent to an activating group) is 1. The van der Waals surface area contributed by atoms with Crippen LogP contribution in [0.15, 0.2) is 42.5 Å². The molecule has 0 unspecified atom stereocenters. The van der Waals surface area contributed by atoms with Crippen LogP contribution in [0, 0.1) is 11.6 Å². The van der Waals surface area contributed by atoms with Crippen LogP contribution >= 0.6 is 0 Å². The predicted molar refractivity (Wildman–Crippen MR) is 75.9 cm³/mol. The van der Waals surface area contributed by atoms with Crippen LogP contribution in [0.2, 0.25) is 0 Å². The van der Waals surface area contributed by atoms with Gasteiger partial charge in [0.15, 0.2) is 11.6 Å². The third-order valence-corrected chi connectivity index (χ3v) is 4.13. The first-order valence-corrected chi connectivity index (χ1v) is 6.89. The Bertz CT molecular complexity index is 624. The van der Waals surface area contributed by atoms with Gasteiger partial charge < -0.3 is 5.32 Å². The molecule has 3 rings (SSSR count). The van der Waals surface area contributed by atoms with E-state index in [2.05, 4.69) is 17.4 Å². The number of fused-ring (bicyclic) bond motifs is 1. The van der Waals surface area contributed by atoms with E-state index in [9.17, 15) is 8.78 Å². The summed E-state index contributed by atoms with van der Waals surface area (Å²) in [6.45, 7) is 0.900. The van der Waals surface area contributed by atoms with E-state index in [1.54, 1.807) is 6.07 Å². The molecule has 0 fully saturated rings. The first-order chi connectivity index (χ1) is 9.70. The van der Waals surface area contributed by atoms with Gasteiger partial charge in [-0.25, -0.2) is 8.78 Å². The molecule has 0 bridgehead atoms. The molecule has 0 saturated heterocycles. The predicted octanol–water partition coefficient (Wildman–Crippen LogP) is 3.80. The second-order valence-electron chi connectivity index (χ2n) is 5.35. The second kappa shape index (κ2) is 5.33. The summed E-state index contributed by atoms with van der Waals surface area (Å²) in [4.78, 5) is 0. The molecule has 0 spiro atoms. The fraction of sp³-hybridized carbons (Fsp3) is 0.294. The molecule has 1 N–H and O–H groups in total. The molecule has 2 aromatic carbocycles. The van der Waals surface area contributed by atoms with Crippen molar-refractivity contribution in [2.75, 3.05) is 13.6 Å². The highest BCUT2D eigenvalue weighted by Crippen LogP contribution is 2.44. The van der Waals surface area contributed by atoms with Crippen LogP contribution in [0.1, 0.15) is 34.9 Å². The van der Waals surface area contributed by atoms with Gasteiger partial charge in [0.1, 0.15) is 0 Å². The average molecular weight is 273 g/mol. The van der Waals surface area contributed by atoms with Crippen molar-refractivity contribution in [3.8, 4) is 0 Å². The van der Waals surface area contributed by atoms with Gasteiger partial charge >= 0.3 is 0 Å². The molecule has 1 aliphatic rings. The molecule has 3 heteroatoms. The SMILES string of the molecule is CNC[C@H]1C[C@@H](c2ccc(F)c(F)c2)c2ccccc21. The van der Waals surface area contributed by atoms with Crippen molar-refractivity contribution in [2.45, 2.75) is 18.3 Å². The Kier molecular flexibility index (Phi) is 3.53. The molecule has 0 aliphatic heterocycles. The second-order valence-corrected chi connectivity index (χ2v) is 5.35. The maximum atomic E-state index is 13.5. The number of rotatable bonds is 3. The minimum Gasteiger partial charge on any atom is -0.319 e. The standard InChI is InChI=1S/C17H17F2N/c1-20-10-12-8-15(14-5-3-2-4-13(12)14)11-6-7-16(18)17(19)9-11/h2-7,9,12,15,20H,8,10H2,1H3/t12-,15+/m1/s1. The number of benzene rings is 2. The Morgan fingerprint density at radius 1 is 1.05 bits per heavy atom. The van der Waals surface area contributed by atoms with Gasteiger partial charge in [-0.05, 0) is 48.2 Å². The monoisotopic (exact) mass is 273 g/mol. The summed E-state index contributed by atoms with van der Waals surface area (Å²) in [6, 6.07) is 12.5. The van der Waals surface area contributed by atoms with Crippen molar-refractivity contribution in [3.63, 3.8) is 0 Å². The number of hydrogen-bond acceptors (Lipinski definition) is 1. The molecule has 0 saturated carbocycles. The van der Waals surface area contributed by atoms with Gasteiger partial charge in [0.25, 0.3) is 0 Å². The minimum atomic E-state index is -0.785. The van der Waals surface area contributed by atoms with E-state index in [0.29, 0.717) is 5.92 Å². The lowest BCUT2D eigenvalue weighted by molar-refractivity contribution is 0.505. The van der Waals surface area contributed by atoms with Gasteiger partial charge in [-0.1, -0.05) is 30.3 Å². The molecule has 1 nitrogen and oxygen atoms in total. The summed E-state index contributed by atoms with van der Waals surface area (Å²) in [6.07, 6.45) is 0.936. The average Bonchev–Trinajstić information content (AvgIpc) is 2.82. The van der Waals surface area contributed by atoms with Crippen molar-refractivity contribution in [3.05, 3.63) is 70.8 Å². The smallest absolute Gasteiger partial charge is 0.159 e. The largest absolute Gasteiger partial charge is 0.319 e. The van der Waals surface area contributed by atoms with Gasteiger partial charge in [0.05, 0.1) is 0 Å². The fourth-order valence-electron chi connectivity index (χ4n) is 3.22. The van der Waals surface area contributed by atoms with E-state index in [-0.39, 0.29) is 5.92 Å². The topological polar surface area (TPSA) is 12.0 Å². The number of halogens is 2. The summed E-state index contributed by atoms with van der Waals surface area (Å²) in [5, 5.41) is 3.21. The Morgan fingerprint density at radius 3 is 2.50 bits per heavy atom. The summed E-state index contributed by atoms with van der Waals surface area (Å²) in [7, 11) is 1.94. The number of nitrogens with one attached hydrogen (secondary N) is 1. The Hall–Kier alpha value is -1.74. The third kappa shape index (κ3) is 2.22. The zero-order valence-corrected chi connectivity index (χ0v) is 11.4. The van der Waals surface area contributed by atoms with Crippen LogP contribution in [0.4, 0.5) is 8.78 Å². The molecule has 1 aliphatic carbocycles. The molecule has 2 aromatic rings. The highest BCUT2D eigenvalue weighted by Gasteiger charge is 2.31. The molecular formula is C17H17F2N. The quantitative estimate of drug-likeness (QED) is 0.897. The van der Waals surface area contributed by atoms with Crippen LogP contribution in [0.25, 0.3) is 0 Å². The zero-order valence-electron chi connectivity index (χ0n) is 11.4. The van der Waals surface area contributed by atoms with Gasteiger partial charge in [0.2, 0.25) is 0 Å². The highest BCUT2D eigenvalue weighted by molar-refractivity contribution is 5.45. The van der Waals surface area contributed by atoms with Crippen LogP contribution in [-0.2, 0) is 0 Å². The van der Waals surface area contributed by atoms with E-state index in [0.717, 1.165) is 18.5 Å². The molecular weight excluding hydrogens is 256 g/mol. The van der Waals surface area contributed by atoms with Crippen molar-refractivity contribution in [1.29, 1.82) is 0 Å². The summed E-state index contributed by atoms with van der Waals surface area (Å²) in [5.74, 6) is -0.974. The molecule has 0 radical (unpaired) electrons. The third-order valence-electron chi connectivity index (χ3n) is 4.13. The minimum absolute atomic E-state index is 0.152. The lowest BCUT2D eigenvalue weighted by Crippen LogP contribution is -2.15. The van der Waals surface area contributed by atoms with Crippen molar-refractivity contribution in [1.82, 2.24) is 5.32 Å². The van der Waals surface area contributed by atoms with Gasteiger partial charge in [0, 0.05) is 12.5 Å². The molecule has 104 valence electrons. The van der Waals surface area contributed by atoms with E-state index in [4.69, 9.17) is 0 Å². The Morgan fingerprint density at radius 2 is 1.80 bits per heavy atom. The Labute approximate surface area is 117 Å². The van der Waals surface area contributed by atoms with E-state index < -0.39 is 11.6 Å². The normalized spacial score (nSPS) is 20.9. The fourth-order valence-corrected chi connectivity index (χ4v) is 3.22. The van der Waals surface area contributed by atoms with E-state index in [1.807, 2.05) is 19.2 Å². The first-order valence-electron chi connectivity index (χ1n) is 6.89. The summed E-state index contributed by atoms with van der Waals surface area (Å²) in [5.41, 5.74) is 3.41. The van der Waals surface area contributed by atoms with Crippen LogP contribution in [0.3, 0.4) is 0 Å². The molecule has 2 atom stereocenters. The number of hydrogen-bond donors (Lipinski definition) is 1. The Balaban J connectivity index is 2.01. The van der Waals surface area contributed by atoms with E-state index in [1.165, 1.54) is 23.3 Å².